The number of nitrogens with one attached hydrogen (secondary N) is 1. The van der Waals surface area contributed by atoms with Crippen LogP contribution in [0.15, 0.2) is 27.9 Å². The van der Waals surface area contributed by atoms with Gasteiger partial charge in [0, 0.05) is 24.5 Å². The zero-order chi connectivity index (χ0) is 13.4. The van der Waals surface area contributed by atoms with E-state index in [0.29, 0.717) is 10.6 Å². The van der Waals surface area contributed by atoms with Gasteiger partial charge in [-0.2, -0.15) is 0 Å². The first-order valence-electron chi connectivity index (χ1n) is 4.11. The van der Waals surface area contributed by atoms with Crippen LogP contribution < -0.4 is 22.7 Å². The quantitative estimate of drug-likeness (QED) is 0.445. The van der Waals surface area contributed by atoms with E-state index in [1.54, 1.807) is 0 Å². The van der Waals surface area contributed by atoms with Gasteiger partial charge in [0.25, 0.3) is 5.56 Å². The fourth-order valence-corrected chi connectivity index (χ4v) is 0.714. The standard InChI is InChI=1S/C7H6N2O4.CH4N2O/c10-5-1-3-8-7(13)9(5)4-2-6(11)12;2-1(3)4/h1-4H,(H,8,13)(H,11,12);(H4,2,3,4). The van der Waals surface area contributed by atoms with Crippen LogP contribution in [0.1, 0.15) is 0 Å². The molecule has 0 aliphatic rings. The minimum Gasteiger partial charge on any atom is -0.478 e. The highest BCUT2D eigenvalue weighted by atomic mass is 16.4. The van der Waals surface area contributed by atoms with Crippen LogP contribution in [0.4, 0.5) is 4.79 Å². The van der Waals surface area contributed by atoms with E-state index in [1.165, 1.54) is 6.20 Å². The van der Waals surface area contributed by atoms with Crippen molar-refractivity contribution in [1.82, 2.24) is 9.55 Å². The number of carbonyl (C=O) groups is 2. The number of hydrogen-bond acceptors (Lipinski definition) is 4. The van der Waals surface area contributed by atoms with Crippen LogP contribution in [0, 0.1) is 0 Å². The van der Waals surface area contributed by atoms with Crippen LogP contribution in [0.3, 0.4) is 0 Å². The van der Waals surface area contributed by atoms with Crippen molar-refractivity contribution in [1.29, 1.82) is 0 Å². The van der Waals surface area contributed by atoms with E-state index in [2.05, 4.69) is 16.5 Å². The Hall–Kier alpha value is -2.84. The Balaban J connectivity index is 0.000000557. The molecule has 0 saturated carbocycles. The number of aromatic amines is 1. The second-order valence-corrected chi connectivity index (χ2v) is 2.55. The number of aliphatic carboxylic acids is 1. The predicted octanol–water partition coefficient (Wildman–Crippen LogP) is -1.88. The van der Waals surface area contributed by atoms with Crippen LogP contribution in [0.5, 0.6) is 0 Å². The van der Waals surface area contributed by atoms with Gasteiger partial charge < -0.3 is 21.6 Å². The van der Waals surface area contributed by atoms with Crippen molar-refractivity contribution in [3.8, 4) is 0 Å². The number of urea groups is 1. The molecule has 0 saturated heterocycles. The maximum absolute atomic E-state index is 11.0. The summed E-state index contributed by atoms with van der Waals surface area (Å²) >= 11 is 0. The number of carboxylic acids is 1. The highest BCUT2D eigenvalue weighted by Gasteiger charge is 1.95. The van der Waals surface area contributed by atoms with Crippen LogP contribution in [0.25, 0.3) is 6.20 Å². The highest BCUT2D eigenvalue weighted by molar-refractivity contribution is 5.82. The lowest BCUT2D eigenvalue weighted by Crippen LogP contribution is -2.30. The zero-order valence-electron chi connectivity index (χ0n) is 8.49. The summed E-state index contributed by atoms with van der Waals surface area (Å²) in [7, 11) is 0. The number of H-pyrrole nitrogens is 1. The van der Waals surface area contributed by atoms with E-state index in [0.717, 1.165) is 12.3 Å². The van der Waals surface area contributed by atoms with Crippen molar-refractivity contribution in [3.63, 3.8) is 0 Å². The van der Waals surface area contributed by atoms with Gasteiger partial charge in [-0.15, -0.1) is 0 Å². The number of hydrogen-bond donors (Lipinski definition) is 4. The third-order valence-electron chi connectivity index (χ3n) is 1.26. The van der Waals surface area contributed by atoms with Gasteiger partial charge in [-0.05, 0) is 0 Å². The Morgan fingerprint density at radius 3 is 2.29 bits per heavy atom. The summed E-state index contributed by atoms with van der Waals surface area (Å²) in [5.41, 5.74) is 7.24. The fraction of sp³-hybridized carbons (Fsp3) is 0. The van der Waals surface area contributed by atoms with Gasteiger partial charge in [0.1, 0.15) is 0 Å². The summed E-state index contributed by atoms with van der Waals surface area (Å²) < 4.78 is 0.661. The Bertz CT molecular complexity index is 509. The lowest BCUT2D eigenvalue weighted by molar-refractivity contribution is -0.131. The first-order valence-corrected chi connectivity index (χ1v) is 4.11. The molecule has 0 radical (unpaired) electrons. The molecule has 92 valence electrons. The van der Waals surface area contributed by atoms with Crippen molar-refractivity contribution in [2.75, 3.05) is 0 Å². The average Bonchev–Trinajstić information content (AvgIpc) is 2.15. The third-order valence-corrected chi connectivity index (χ3v) is 1.26. The molecular formula is C8H10N4O5. The number of carboxylic acid groups (broad SMARTS) is 1. The van der Waals surface area contributed by atoms with Crippen LogP contribution in [-0.4, -0.2) is 26.7 Å². The molecule has 2 amide bonds. The summed E-state index contributed by atoms with van der Waals surface area (Å²) in [5, 5.41) is 8.24. The number of primary amides is 2. The van der Waals surface area contributed by atoms with Crippen molar-refractivity contribution >= 4 is 18.2 Å². The maximum Gasteiger partial charge on any atom is 0.332 e. The maximum atomic E-state index is 11.0. The Labute approximate surface area is 94.0 Å². The van der Waals surface area contributed by atoms with Crippen molar-refractivity contribution in [2.24, 2.45) is 11.5 Å². The molecule has 1 aromatic heterocycles. The van der Waals surface area contributed by atoms with Gasteiger partial charge in [-0.25, -0.2) is 19.0 Å². The molecule has 6 N–H and O–H groups in total. The molecule has 0 aromatic carbocycles. The fourth-order valence-electron chi connectivity index (χ4n) is 0.714. The summed E-state index contributed by atoms with van der Waals surface area (Å²) in [4.78, 5) is 43.2. The highest BCUT2D eigenvalue weighted by Crippen LogP contribution is 1.75. The SMILES string of the molecule is NC(N)=O.O=C(O)C=Cn1c(=O)cc[nH]c1=O. The van der Waals surface area contributed by atoms with E-state index in [4.69, 9.17) is 9.90 Å². The van der Waals surface area contributed by atoms with E-state index >= 15 is 0 Å². The molecule has 1 aromatic rings. The monoisotopic (exact) mass is 242 g/mol. The zero-order valence-corrected chi connectivity index (χ0v) is 8.49. The lowest BCUT2D eigenvalue weighted by Gasteiger charge is -1.92. The van der Waals surface area contributed by atoms with Gasteiger partial charge in [0.05, 0.1) is 0 Å². The Kier molecular flexibility index (Phi) is 5.50. The summed E-state index contributed by atoms with van der Waals surface area (Å²) in [6, 6.07) is 0.285. The number of aromatic nitrogens is 2. The second-order valence-electron chi connectivity index (χ2n) is 2.55. The number of carbonyl (C=O) groups excluding carboxylic acids is 1. The molecular weight excluding hydrogens is 232 g/mol. The first-order chi connectivity index (χ1) is 7.84. The van der Waals surface area contributed by atoms with Gasteiger partial charge in [-0.3, -0.25) is 4.79 Å². The molecule has 0 spiro atoms. The number of amides is 2. The second kappa shape index (κ2) is 6.61. The van der Waals surface area contributed by atoms with Gasteiger partial charge in [0.15, 0.2) is 0 Å². The molecule has 0 fully saturated rings. The first kappa shape index (κ1) is 14.2. The average molecular weight is 242 g/mol. The number of rotatable bonds is 2. The number of nitrogens with zero attached hydrogens (tertiary/aromatic N) is 1. The van der Waals surface area contributed by atoms with Crippen molar-refractivity contribution < 1.29 is 14.7 Å². The minimum absolute atomic E-state index is 0.582. The molecule has 0 unspecified atom stereocenters. The molecule has 9 nitrogen and oxygen atoms in total. The molecule has 0 atom stereocenters. The normalized spacial score (nSPS) is 9.41. The van der Waals surface area contributed by atoms with Crippen molar-refractivity contribution in [2.45, 2.75) is 0 Å². The smallest absolute Gasteiger partial charge is 0.332 e. The van der Waals surface area contributed by atoms with Gasteiger partial charge in [0.2, 0.25) is 0 Å². The van der Waals surface area contributed by atoms with Gasteiger partial charge in [-0.1, -0.05) is 0 Å². The summed E-state index contributed by atoms with van der Waals surface area (Å²) in [6.45, 7) is 0. The van der Waals surface area contributed by atoms with Crippen molar-refractivity contribution in [3.05, 3.63) is 39.2 Å². The Morgan fingerprint density at radius 1 is 1.35 bits per heavy atom. The van der Waals surface area contributed by atoms with E-state index in [9.17, 15) is 14.4 Å². The van der Waals surface area contributed by atoms with E-state index in [1.807, 2.05) is 0 Å². The number of nitrogens with two attached hydrogens (primary N) is 2. The Morgan fingerprint density at radius 2 is 1.88 bits per heavy atom. The molecule has 9 heteroatoms. The molecule has 0 aliphatic heterocycles. The molecule has 1 rings (SSSR count). The van der Waals surface area contributed by atoms with E-state index in [-0.39, 0.29) is 0 Å². The minimum atomic E-state index is -1.23. The third kappa shape index (κ3) is 6.28. The summed E-state index contributed by atoms with van der Waals surface area (Å²) in [5.74, 6) is -1.23. The predicted molar refractivity (Wildman–Crippen MR) is 58.1 cm³/mol. The van der Waals surface area contributed by atoms with Crippen LogP contribution >= 0.6 is 0 Å². The largest absolute Gasteiger partial charge is 0.478 e. The van der Waals surface area contributed by atoms with Gasteiger partial charge >= 0.3 is 17.7 Å². The lowest BCUT2D eigenvalue weighted by atomic mass is 10.6. The van der Waals surface area contributed by atoms with E-state index < -0.39 is 23.2 Å². The van der Waals surface area contributed by atoms with Crippen LogP contribution in [-0.2, 0) is 4.79 Å². The van der Waals surface area contributed by atoms with Crippen LogP contribution in [0.2, 0.25) is 0 Å². The molecule has 0 aliphatic carbocycles. The molecule has 17 heavy (non-hydrogen) atoms. The summed E-state index contributed by atoms with van der Waals surface area (Å²) in [6.07, 6.45) is 2.79. The molecule has 1 heterocycles. The topological polar surface area (TPSA) is 161 Å². The molecule has 0 bridgehead atoms.